The maximum absolute atomic E-state index is 12.3. The van der Waals surface area contributed by atoms with E-state index in [1.165, 1.54) is 81.3 Å². The van der Waals surface area contributed by atoms with Gasteiger partial charge in [0.25, 0.3) is 0 Å². The Labute approximate surface area is 370 Å². The van der Waals surface area contributed by atoms with E-state index in [1.807, 2.05) is 13.0 Å². The van der Waals surface area contributed by atoms with Crippen LogP contribution < -0.4 is 9.47 Å². The number of aryl methyl sites for hydroxylation is 2. The first-order valence-corrected chi connectivity index (χ1v) is 23.5. The van der Waals surface area contributed by atoms with Crippen LogP contribution in [0.25, 0.3) is 0 Å². The lowest BCUT2D eigenvalue weighted by molar-refractivity contribution is -0.145. The lowest BCUT2D eigenvalue weighted by Gasteiger charge is -2.42. The van der Waals surface area contributed by atoms with Crippen molar-refractivity contribution in [3.05, 3.63) is 128 Å². The number of benzene rings is 4. The Morgan fingerprint density at radius 2 is 0.952 bits per heavy atom. The van der Waals surface area contributed by atoms with Gasteiger partial charge in [-0.05, 0) is 173 Å². The maximum atomic E-state index is 12.3. The molecule has 0 aliphatic heterocycles. The molecule has 4 aromatic rings. The number of aliphatic carboxylic acids is 1. The summed E-state index contributed by atoms with van der Waals surface area (Å²) in [7, 11) is 0. The molecule has 6 aliphatic carbocycles. The predicted molar refractivity (Wildman–Crippen MR) is 245 cm³/mol. The Bertz CT molecular complexity index is 2430. The molecule has 0 unspecified atom stereocenters. The van der Waals surface area contributed by atoms with Gasteiger partial charge in [0.1, 0.15) is 24.7 Å². The standard InChI is InChI=1S/C29H36O3.C27H32O3/c1-6-31-26(30)25-17-29(25)12-11-20-8-9-21(16-23(20)29)32-18-19-7-10-22-24(15-19)28(4,5)14-13-27(22,2)3;1-25(2)11-12-26(3,4)22-13-17(5-8-20(22)25)16-30-19-7-6-18-9-10-27(21(18)14-19)15-23(27)24(28)29/h7-10,15-16,25H,6,11-14,17-18H2,1-5H3;5-8,13-14,23H,9-12,15-16H2,1-4H3,(H,28,29)/t25-,29-;23-,27-/m00/s1. The van der Waals surface area contributed by atoms with Crippen molar-refractivity contribution in [2.75, 3.05) is 6.61 Å². The van der Waals surface area contributed by atoms with Crippen LogP contribution in [0.5, 0.6) is 11.5 Å². The second-order valence-corrected chi connectivity index (χ2v) is 22.4. The summed E-state index contributed by atoms with van der Waals surface area (Å²) in [6, 6.07) is 26.5. The van der Waals surface area contributed by atoms with Gasteiger partial charge in [0.15, 0.2) is 0 Å². The normalized spacial score (nSPS) is 26.9. The summed E-state index contributed by atoms with van der Waals surface area (Å²) in [5.74, 6) is 0.852. The van der Waals surface area contributed by atoms with E-state index < -0.39 is 5.97 Å². The van der Waals surface area contributed by atoms with E-state index in [-0.39, 0.29) is 50.3 Å². The average Bonchev–Trinajstić information content (AvgIpc) is 4.09. The minimum absolute atomic E-state index is 0.0115. The third kappa shape index (κ3) is 7.45. The lowest BCUT2D eigenvalue weighted by atomic mass is 9.63. The van der Waals surface area contributed by atoms with Crippen LogP contribution in [0.4, 0.5) is 0 Å². The molecule has 10 rings (SSSR count). The fraction of sp³-hybridized carbons (Fsp3) is 0.536. The molecule has 2 fully saturated rings. The fourth-order valence-corrected chi connectivity index (χ4v) is 12.1. The van der Waals surface area contributed by atoms with Gasteiger partial charge in [-0.15, -0.1) is 0 Å². The zero-order valence-corrected chi connectivity index (χ0v) is 38.8. The van der Waals surface area contributed by atoms with Crippen molar-refractivity contribution in [2.24, 2.45) is 11.8 Å². The zero-order valence-electron chi connectivity index (χ0n) is 38.8. The molecule has 0 saturated heterocycles. The second kappa shape index (κ2) is 15.0. The third-order valence-corrected chi connectivity index (χ3v) is 16.6. The van der Waals surface area contributed by atoms with Gasteiger partial charge in [0, 0.05) is 10.8 Å². The molecule has 4 atom stereocenters. The molecular weight excluding hydrogens is 769 g/mol. The summed E-state index contributed by atoms with van der Waals surface area (Å²) in [6.45, 7) is 22.3. The highest BCUT2D eigenvalue weighted by Crippen LogP contribution is 2.63. The topological polar surface area (TPSA) is 82.1 Å². The molecule has 62 heavy (non-hydrogen) atoms. The molecule has 328 valence electrons. The molecule has 0 radical (unpaired) electrons. The number of esters is 1. The van der Waals surface area contributed by atoms with Gasteiger partial charge in [-0.1, -0.05) is 104 Å². The van der Waals surface area contributed by atoms with E-state index >= 15 is 0 Å². The Morgan fingerprint density at radius 1 is 0.532 bits per heavy atom. The summed E-state index contributed by atoms with van der Waals surface area (Å²) >= 11 is 0. The Hall–Kier alpha value is -4.58. The van der Waals surface area contributed by atoms with E-state index in [2.05, 4.69) is 122 Å². The highest BCUT2D eigenvalue weighted by molar-refractivity contribution is 5.80. The molecule has 0 aromatic heterocycles. The molecule has 0 heterocycles. The number of carbonyl (C=O) groups is 2. The minimum Gasteiger partial charge on any atom is -0.489 e. The zero-order chi connectivity index (χ0) is 44.0. The number of carbonyl (C=O) groups excluding carboxylic acids is 1. The highest BCUT2D eigenvalue weighted by Gasteiger charge is 2.63. The van der Waals surface area contributed by atoms with Gasteiger partial charge in [-0.2, -0.15) is 0 Å². The monoisotopic (exact) mass is 837 g/mol. The Morgan fingerprint density at radius 3 is 1.37 bits per heavy atom. The first-order valence-electron chi connectivity index (χ1n) is 23.5. The summed E-state index contributed by atoms with van der Waals surface area (Å²) in [5, 5.41) is 9.47. The van der Waals surface area contributed by atoms with Gasteiger partial charge in [0.05, 0.1) is 18.4 Å². The Balaban J connectivity index is 0.000000158. The van der Waals surface area contributed by atoms with Crippen LogP contribution in [-0.2, 0) is 72.9 Å². The first kappa shape index (κ1) is 42.7. The van der Waals surface area contributed by atoms with E-state index in [9.17, 15) is 14.7 Å². The molecule has 0 amide bonds. The molecule has 6 aliphatic rings. The van der Waals surface area contributed by atoms with Crippen LogP contribution in [0, 0.1) is 11.8 Å². The molecule has 4 aromatic carbocycles. The van der Waals surface area contributed by atoms with Crippen LogP contribution in [0.2, 0.25) is 0 Å². The van der Waals surface area contributed by atoms with Crippen LogP contribution in [0.3, 0.4) is 0 Å². The van der Waals surface area contributed by atoms with Crippen molar-refractivity contribution in [3.63, 3.8) is 0 Å². The SMILES string of the molecule is CC1(C)CCC(C)(C)c2cc(COc3ccc4c(c3)[C@]3(CC4)C[C@H]3C(=O)O)ccc21.CCOC(=O)[C@@H]1C[C@]12CCc1ccc(OCc3ccc4c(c3)C(C)(C)CCC4(C)C)cc12. The highest BCUT2D eigenvalue weighted by atomic mass is 16.5. The van der Waals surface area contributed by atoms with Gasteiger partial charge in [-0.3, -0.25) is 9.59 Å². The van der Waals surface area contributed by atoms with Crippen LogP contribution in [0.1, 0.15) is 169 Å². The van der Waals surface area contributed by atoms with Crippen molar-refractivity contribution < 1.29 is 28.9 Å². The number of hydrogen-bond acceptors (Lipinski definition) is 5. The summed E-state index contributed by atoms with van der Waals surface area (Å²) < 4.78 is 17.8. The fourth-order valence-electron chi connectivity index (χ4n) is 12.1. The van der Waals surface area contributed by atoms with Gasteiger partial charge in [-0.25, -0.2) is 0 Å². The van der Waals surface area contributed by atoms with E-state index in [4.69, 9.17) is 14.2 Å². The van der Waals surface area contributed by atoms with Crippen molar-refractivity contribution in [1.29, 1.82) is 0 Å². The smallest absolute Gasteiger partial charge is 0.309 e. The largest absolute Gasteiger partial charge is 0.489 e. The maximum Gasteiger partial charge on any atom is 0.309 e. The molecular formula is C56H68O6. The minimum atomic E-state index is -0.659. The summed E-state index contributed by atoms with van der Waals surface area (Å²) in [4.78, 5) is 23.8. The van der Waals surface area contributed by atoms with Crippen LogP contribution >= 0.6 is 0 Å². The Kier molecular flexibility index (Phi) is 10.3. The first-order chi connectivity index (χ1) is 29.3. The summed E-state index contributed by atoms with van der Waals surface area (Å²) in [5.41, 5.74) is 14.2. The lowest BCUT2D eigenvalue weighted by Crippen LogP contribution is -2.33. The number of hydrogen-bond donors (Lipinski definition) is 1. The molecule has 6 heteroatoms. The van der Waals surface area contributed by atoms with Crippen molar-refractivity contribution in [2.45, 2.75) is 172 Å². The van der Waals surface area contributed by atoms with Gasteiger partial charge < -0.3 is 19.3 Å². The van der Waals surface area contributed by atoms with Gasteiger partial charge >= 0.3 is 11.9 Å². The quantitative estimate of drug-likeness (QED) is 0.169. The molecule has 2 spiro atoms. The van der Waals surface area contributed by atoms with E-state index in [0.717, 1.165) is 50.0 Å². The van der Waals surface area contributed by atoms with E-state index in [1.54, 1.807) is 0 Å². The molecule has 2 saturated carbocycles. The molecule has 1 N–H and O–H groups in total. The second-order valence-electron chi connectivity index (χ2n) is 22.4. The van der Waals surface area contributed by atoms with Crippen LogP contribution in [0.15, 0.2) is 72.8 Å². The van der Waals surface area contributed by atoms with Crippen molar-refractivity contribution in [1.82, 2.24) is 0 Å². The average molecular weight is 837 g/mol. The number of ether oxygens (including phenoxy) is 3. The molecule has 6 nitrogen and oxygen atoms in total. The molecule has 0 bridgehead atoms. The number of rotatable bonds is 9. The number of fused-ring (bicyclic) bond motifs is 6. The number of carboxylic acid groups (broad SMARTS) is 1. The van der Waals surface area contributed by atoms with Crippen molar-refractivity contribution in [3.8, 4) is 11.5 Å². The van der Waals surface area contributed by atoms with Crippen molar-refractivity contribution >= 4 is 11.9 Å². The van der Waals surface area contributed by atoms with Gasteiger partial charge in [0.2, 0.25) is 0 Å². The third-order valence-electron chi connectivity index (χ3n) is 16.6. The number of carboxylic acids is 1. The predicted octanol–water partition coefficient (Wildman–Crippen LogP) is 12.3. The summed E-state index contributed by atoms with van der Waals surface area (Å²) in [6.07, 6.45) is 10.6. The van der Waals surface area contributed by atoms with Crippen LogP contribution in [-0.4, -0.2) is 23.7 Å². The van der Waals surface area contributed by atoms with E-state index in [0.29, 0.717) is 19.8 Å².